The van der Waals surface area contributed by atoms with Crippen LogP contribution in [-0.2, 0) is 12.8 Å². The smallest absolute Gasteiger partial charge is 0.337 e. The molecule has 0 saturated carbocycles. The molecular weight excluding hydrogens is 416 g/mol. The number of ether oxygens (including phenoxy) is 1. The number of hydrogen-bond donors (Lipinski definition) is 3. The fourth-order valence-electron chi connectivity index (χ4n) is 3.77. The van der Waals surface area contributed by atoms with Gasteiger partial charge in [0.2, 0.25) is 5.88 Å². The SMILES string of the molecule is O=C(O)c1ccc(Oc2ccc3c(c2)C[C@@H](NC[C@H](O)c2cccc(Cl)c2)CC3)nc1. The molecule has 160 valence electrons. The van der Waals surface area contributed by atoms with Crippen LogP contribution in [0.1, 0.15) is 39.6 Å². The molecule has 1 aromatic heterocycles. The highest BCUT2D eigenvalue weighted by molar-refractivity contribution is 6.30. The van der Waals surface area contributed by atoms with Crippen molar-refractivity contribution in [1.29, 1.82) is 0 Å². The Kier molecular flexibility index (Phi) is 6.51. The van der Waals surface area contributed by atoms with E-state index in [1.54, 1.807) is 18.2 Å². The number of hydrogen-bond acceptors (Lipinski definition) is 5. The number of aliphatic hydroxyl groups excluding tert-OH is 1. The summed E-state index contributed by atoms with van der Waals surface area (Å²) in [6, 6.07) is 16.5. The van der Waals surface area contributed by atoms with Crippen LogP contribution in [0.25, 0.3) is 0 Å². The zero-order chi connectivity index (χ0) is 21.8. The predicted molar refractivity (Wildman–Crippen MR) is 118 cm³/mol. The summed E-state index contributed by atoms with van der Waals surface area (Å²) in [5.74, 6) is -0.0131. The summed E-state index contributed by atoms with van der Waals surface area (Å²) in [5, 5.41) is 23.5. The molecular formula is C24H23ClN2O4. The monoisotopic (exact) mass is 438 g/mol. The molecule has 0 spiro atoms. The summed E-state index contributed by atoms with van der Waals surface area (Å²) in [6.07, 6.45) is 3.44. The van der Waals surface area contributed by atoms with Gasteiger partial charge in [0.25, 0.3) is 0 Å². The molecule has 1 aliphatic rings. The van der Waals surface area contributed by atoms with Crippen LogP contribution in [-0.4, -0.2) is 33.8 Å². The highest BCUT2D eigenvalue weighted by Crippen LogP contribution is 2.28. The Bertz CT molecular complexity index is 1070. The van der Waals surface area contributed by atoms with Gasteiger partial charge in [-0.1, -0.05) is 29.8 Å². The van der Waals surface area contributed by atoms with Crippen molar-refractivity contribution in [2.24, 2.45) is 0 Å². The van der Waals surface area contributed by atoms with E-state index >= 15 is 0 Å². The fraction of sp³-hybridized carbons (Fsp3) is 0.250. The van der Waals surface area contributed by atoms with Crippen LogP contribution in [0.5, 0.6) is 11.6 Å². The number of aliphatic hydroxyl groups is 1. The zero-order valence-corrected chi connectivity index (χ0v) is 17.5. The number of rotatable bonds is 7. The van der Waals surface area contributed by atoms with Crippen molar-refractivity contribution in [2.75, 3.05) is 6.54 Å². The molecule has 0 radical (unpaired) electrons. The quantitative estimate of drug-likeness (QED) is 0.506. The third-order valence-electron chi connectivity index (χ3n) is 5.45. The molecule has 0 saturated heterocycles. The van der Waals surface area contributed by atoms with Gasteiger partial charge in [0.1, 0.15) is 5.75 Å². The number of nitrogens with zero attached hydrogens (tertiary/aromatic N) is 1. The van der Waals surface area contributed by atoms with Crippen molar-refractivity contribution < 1.29 is 19.7 Å². The van der Waals surface area contributed by atoms with Crippen LogP contribution in [0, 0.1) is 0 Å². The van der Waals surface area contributed by atoms with Gasteiger partial charge in [0.15, 0.2) is 0 Å². The average Bonchev–Trinajstić information content (AvgIpc) is 2.77. The topological polar surface area (TPSA) is 91.7 Å². The molecule has 4 rings (SSSR count). The van der Waals surface area contributed by atoms with Gasteiger partial charge < -0.3 is 20.3 Å². The lowest BCUT2D eigenvalue weighted by Gasteiger charge is -2.27. The van der Waals surface area contributed by atoms with Crippen LogP contribution in [0.15, 0.2) is 60.8 Å². The molecule has 7 heteroatoms. The van der Waals surface area contributed by atoms with Crippen molar-refractivity contribution in [3.8, 4) is 11.6 Å². The van der Waals surface area contributed by atoms with Gasteiger partial charge in [-0.25, -0.2) is 9.78 Å². The Labute approximate surface area is 185 Å². The van der Waals surface area contributed by atoms with Gasteiger partial charge in [-0.15, -0.1) is 0 Å². The minimum atomic E-state index is -1.02. The Hall–Kier alpha value is -2.93. The first-order valence-electron chi connectivity index (χ1n) is 10.1. The number of aromatic nitrogens is 1. The average molecular weight is 439 g/mol. The number of pyridine rings is 1. The third-order valence-corrected chi connectivity index (χ3v) is 5.68. The standard InChI is InChI=1S/C24H23ClN2O4/c25-19-3-1-2-16(10-19)22(28)14-26-20-7-4-15-5-8-21(12-18(15)11-20)31-23-9-6-17(13-27-23)24(29)30/h1-3,5-6,8-10,12-13,20,22,26,28H,4,7,11,14H2,(H,29,30)/t20-,22-/m0/s1. The molecule has 0 bridgehead atoms. The largest absolute Gasteiger partial charge is 0.478 e. The van der Waals surface area contributed by atoms with Crippen molar-refractivity contribution in [2.45, 2.75) is 31.4 Å². The van der Waals surface area contributed by atoms with Crippen LogP contribution < -0.4 is 10.1 Å². The van der Waals surface area contributed by atoms with E-state index in [0.29, 0.717) is 23.2 Å². The Morgan fingerprint density at radius 3 is 2.81 bits per heavy atom. The Balaban J connectivity index is 1.37. The minimum Gasteiger partial charge on any atom is -0.478 e. The van der Waals surface area contributed by atoms with Gasteiger partial charge in [0.05, 0.1) is 11.7 Å². The summed E-state index contributed by atoms with van der Waals surface area (Å²) < 4.78 is 5.80. The van der Waals surface area contributed by atoms with Gasteiger partial charge in [-0.2, -0.15) is 0 Å². The molecule has 31 heavy (non-hydrogen) atoms. The summed E-state index contributed by atoms with van der Waals surface area (Å²) >= 11 is 6.01. The number of carboxylic acid groups (broad SMARTS) is 1. The number of aryl methyl sites for hydroxylation is 1. The lowest BCUT2D eigenvalue weighted by atomic mass is 9.88. The lowest BCUT2D eigenvalue weighted by Crippen LogP contribution is -2.37. The number of aromatic carboxylic acids is 1. The predicted octanol–water partition coefficient (Wildman–Crippen LogP) is 4.41. The van der Waals surface area contributed by atoms with Gasteiger partial charge >= 0.3 is 5.97 Å². The van der Waals surface area contributed by atoms with Crippen LogP contribution >= 0.6 is 11.6 Å². The van der Waals surface area contributed by atoms with Crippen LogP contribution in [0.3, 0.4) is 0 Å². The van der Waals surface area contributed by atoms with Crippen molar-refractivity contribution >= 4 is 17.6 Å². The van der Waals surface area contributed by atoms with E-state index < -0.39 is 12.1 Å². The van der Waals surface area contributed by atoms with E-state index in [2.05, 4.69) is 16.4 Å². The maximum atomic E-state index is 10.9. The second kappa shape index (κ2) is 9.47. The van der Waals surface area contributed by atoms with E-state index in [9.17, 15) is 9.90 Å². The van der Waals surface area contributed by atoms with E-state index in [0.717, 1.165) is 24.8 Å². The lowest BCUT2D eigenvalue weighted by molar-refractivity contribution is 0.0696. The van der Waals surface area contributed by atoms with Gasteiger partial charge in [0, 0.05) is 29.9 Å². The van der Waals surface area contributed by atoms with Crippen molar-refractivity contribution in [3.05, 3.63) is 88.1 Å². The molecule has 0 fully saturated rings. The molecule has 1 aliphatic carbocycles. The molecule has 1 heterocycles. The van der Waals surface area contributed by atoms with Crippen molar-refractivity contribution in [1.82, 2.24) is 10.3 Å². The molecule has 0 unspecified atom stereocenters. The van der Waals surface area contributed by atoms with E-state index in [4.69, 9.17) is 21.4 Å². The molecule has 6 nitrogen and oxygen atoms in total. The van der Waals surface area contributed by atoms with E-state index in [-0.39, 0.29) is 11.6 Å². The second-order valence-corrected chi connectivity index (χ2v) is 8.08. The van der Waals surface area contributed by atoms with Crippen LogP contribution in [0.4, 0.5) is 0 Å². The molecule has 2 aromatic carbocycles. The molecule has 3 N–H and O–H groups in total. The minimum absolute atomic E-state index is 0.117. The first-order chi connectivity index (χ1) is 15.0. The molecule has 0 aliphatic heterocycles. The number of carbonyl (C=O) groups is 1. The van der Waals surface area contributed by atoms with Crippen LogP contribution in [0.2, 0.25) is 5.02 Å². The highest BCUT2D eigenvalue weighted by atomic mass is 35.5. The summed E-state index contributed by atoms with van der Waals surface area (Å²) in [7, 11) is 0. The van der Waals surface area contributed by atoms with E-state index in [1.165, 1.54) is 23.4 Å². The van der Waals surface area contributed by atoms with Gasteiger partial charge in [-0.05, 0) is 66.3 Å². The Morgan fingerprint density at radius 2 is 2.06 bits per heavy atom. The third kappa shape index (κ3) is 5.41. The van der Waals surface area contributed by atoms with E-state index in [1.807, 2.05) is 24.3 Å². The number of halogens is 1. The Morgan fingerprint density at radius 1 is 1.19 bits per heavy atom. The van der Waals surface area contributed by atoms with Crippen molar-refractivity contribution in [3.63, 3.8) is 0 Å². The number of fused-ring (bicyclic) bond motifs is 1. The summed E-state index contributed by atoms with van der Waals surface area (Å²) in [6.45, 7) is 0.455. The summed E-state index contributed by atoms with van der Waals surface area (Å²) in [5.41, 5.74) is 3.40. The maximum Gasteiger partial charge on any atom is 0.337 e. The first kappa shape index (κ1) is 21.3. The zero-order valence-electron chi connectivity index (χ0n) is 16.8. The number of carboxylic acids is 1. The maximum absolute atomic E-state index is 10.9. The normalized spacial score (nSPS) is 16.4. The highest BCUT2D eigenvalue weighted by Gasteiger charge is 2.20. The second-order valence-electron chi connectivity index (χ2n) is 7.64. The van der Waals surface area contributed by atoms with Gasteiger partial charge in [-0.3, -0.25) is 0 Å². The summed E-state index contributed by atoms with van der Waals surface area (Å²) in [4.78, 5) is 15.0. The first-order valence-corrected chi connectivity index (χ1v) is 10.5. The number of benzene rings is 2. The molecule has 3 aromatic rings. The number of nitrogens with one attached hydrogen (secondary N) is 1. The molecule has 0 amide bonds. The fourth-order valence-corrected chi connectivity index (χ4v) is 3.97. The molecule has 2 atom stereocenters.